The Labute approximate surface area is 124 Å². The number of hydrogen-bond donors (Lipinski definition) is 1. The molecule has 0 aliphatic rings. The second-order valence-corrected chi connectivity index (χ2v) is 6.34. The van der Waals surface area contributed by atoms with Crippen LogP contribution in [-0.2, 0) is 10.0 Å². The normalized spacial score (nSPS) is 11.2. The molecule has 0 fully saturated rings. The molecular weight excluding hydrogens is 348 g/mol. The minimum Gasteiger partial charge on any atom is -0.481 e. The Hall–Kier alpha value is -1.74. The minimum absolute atomic E-state index is 0.0634. The third-order valence-electron chi connectivity index (χ3n) is 2.24. The number of anilines is 1. The molecule has 0 spiro atoms. The number of nitrogens with one attached hydrogen (secondary N) is 1. The van der Waals surface area contributed by atoms with Gasteiger partial charge in [0.1, 0.15) is 0 Å². The van der Waals surface area contributed by atoms with Crippen LogP contribution in [0.15, 0.2) is 33.9 Å². The average molecular weight is 359 g/mol. The van der Waals surface area contributed by atoms with Crippen LogP contribution >= 0.6 is 15.9 Å². The lowest BCUT2D eigenvalue weighted by atomic mass is 10.4. The Bertz CT molecular complexity index is 719. The van der Waals surface area contributed by atoms with E-state index in [1.54, 1.807) is 19.1 Å². The molecule has 0 radical (unpaired) electrons. The largest absolute Gasteiger partial charge is 0.481 e. The van der Waals surface area contributed by atoms with E-state index >= 15 is 0 Å². The van der Waals surface area contributed by atoms with Gasteiger partial charge in [0.05, 0.1) is 7.11 Å². The summed E-state index contributed by atoms with van der Waals surface area (Å²) < 4.78 is 32.1. The molecule has 20 heavy (non-hydrogen) atoms. The Morgan fingerprint density at radius 2 is 2.05 bits per heavy atom. The molecule has 7 nitrogen and oxygen atoms in total. The van der Waals surface area contributed by atoms with Crippen molar-refractivity contribution in [3.8, 4) is 5.88 Å². The van der Waals surface area contributed by atoms with Gasteiger partial charge in [-0.15, -0.1) is 0 Å². The Morgan fingerprint density at radius 1 is 1.30 bits per heavy atom. The van der Waals surface area contributed by atoms with E-state index in [1.807, 2.05) is 0 Å². The van der Waals surface area contributed by atoms with E-state index in [-0.39, 0.29) is 16.9 Å². The molecule has 0 unspecified atom stereocenters. The molecule has 9 heteroatoms. The molecular formula is C11H11BrN4O3S. The van der Waals surface area contributed by atoms with Crippen molar-refractivity contribution >= 4 is 31.9 Å². The highest BCUT2D eigenvalue weighted by Crippen LogP contribution is 2.16. The predicted octanol–water partition coefficient (Wildman–Crippen LogP) is 1.75. The number of pyridine rings is 1. The third-order valence-corrected chi connectivity index (χ3v) is 3.95. The van der Waals surface area contributed by atoms with Crippen molar-refractivity contribution in [3.63, 3.8) is 0 Å². The molecule has 1 N–H and O–H groups in total. The molecule has 0 aliphatic heterocycles. The molecule has 2 rings (SSSR count). The zero-order valence-electron chi connectivity index (χ0n) is 10.7. The van der Waals surface area contributed by atoms with Crippen LogP contribution in [0.5, 0.6) is 5.88 Å². The van der Waals surface area contributed by atoms with Gasteiger partial charge in [-0.05, 0) is 35.0 Å². The SMILES string of the molecule is COc1cc(C)nc(NS(=O)(=O)c2ccc(Br)cn2)n1. The zero-order chi connectivity index (χ0) is 14.8. The molecule has 2 aromatic rings. The molecule has 0 atom stereocenters. The standard InChI is InChI=1S/C11H11BrN4O3S/c1-7-5-9(19-2)15-11(14-7)16-20(17,18)10-4-3-8(12)6-13-10/h3-6H,1-2H3,(H,14,15,16). The summed E-state index contributed by atoms with van der Waals surface area (Å²) in [7, 11) is -2.39. The summed E-state index contributed by atoms with van der Waals surface area (Å²) in [5, 5.41) is -0.121. The summed E-state index contributed by atoms with van der Waals surface area (Å²) in [5.74, 6) is 0.213. The number of methoxy groups -OCH3 is 1. The monoisotopic (exact) mass is 358 g/mol. The van der Waals surface area contributed by atoms with E-state index in [1.165, 1.54) is 19.4 Å². The second kappa shape index (κ2) is 5.71. The summed E-state index contributed by atoms with van der Waals surface area (Å²) in [5.41, 5.74) is 0.582. The van der Waals surface area contributed by atoms with Crippen LogP contribution in [0.1, 0.15) is 5.69 Å². The van der Waals surface area contributed by atoms with Gasteiger partial charge >= 0.3 is 0 Å². The summed E-state index contributed by atoms with van der Waals surface area (Å²) in [6.45, 7) is 1.71. The fourth-order valence-corrected chi connectivity index (χ4v) is 2.49. The molecule has 2 heterocycles. The maximum absolute atomic E-state index is 12.1. The lowest BCUT2D eigenvalue weighted by molar-refractivity contribution is 0.397. The summed E-state index contributed by atoms with van der Waals surface area (Å²) in [6.07, 6.45) is 1.40. The van der Waals surface area contributed by atoms with Gasteiger partial charge in [-0.3, -0.25) is 0 Å². The Kier molecular flexibility index (Phi) is 4.19. The van der Waals surface area contributed by atoms with Crippen LogP contribution < -0.4 is 9.46 Å². The Balaban J connectivity index is 2.33. The van der Waals surface area contributed by atoms with Crippen molar-refractivity contribution in [2.75, 3.05) is 11.8 Å². The van der Waals surface area contributed by atoms with Crippen molar-refractivity contribution in [2.45, 2.75) is 11.9 Å². The lowest BCUT2D eigenvalue weighted by Crippen LogP contribution is -2.16. The second-order valence-electron chi connectivity index (χ2n) is 3.80. The highest BCUT2D eigenvalue weighted by Gasteiger charge is 2.17. The quantitative estimate of drug-likeness (QED) is 0.894. The fraction of sp³-hybridized carbons (Fsp3) is 0.182. The van der Waals surface area contributed by atoms with Crippen molar-refractivity contribution in [3.05, 3.63) is 34.6 Å². The van der Waals surface area contributed by atoms with Gasteiger partial charge in [0, 0.05) is 22.4 Å². The Morgan fingerprint density at radius 3 is 2.65 bits per heavy atom. The van der Waals surface area contributed by atoms with Crippen LogP contribution in [0.4, 0.5) is 5.95 Å². The van der Waals surface area contributed by atoms with Gasteiger partial charge < -0.3 is 4.74 Å². The van der Waals surface area contributed by atoms with Crippen LogP contribution in [0.2, 0.25) is 0 Å². The first kappa shape index (κ1) is 14.7. The van der Waals surface area contributed by atoms with Crippen LogP contribution in [-0.4, -0.2) is 30.5 Å². The smallest absolute Gasteiger partial charge is 0.281 e. The van der Waals surface area contributed by atoms with E-state index in [0.29, 0.717) is 10.2 Å². The van der Waals surface area contributed by atoms with Gasteiger partial charge in [0.15, 0.2) is 5.03 Å². The molecule has 2 aromatic heterocycles. The number of hydrogen-bond acceptors (Lipinski definition) is 6. The van der Waals surface area contributed by atoms with Crippen molar-refractivity contribution in [1.82, 2.24) is 15.0 Å². The molecule has 0 aliphatic carbocycles. The average Bonchev–Trinajstić information content (AvgIpc) is 2.37. The summed E-state index contributed by atoms with van der Waals surface area (Å²) >= 11 is 3.19. The van der Waals surface area contributed by atoms with E-state index in [0.717, 1.165) is 0 Å². The van der Waals surface area contributed by atoms with E-state index in [2.05, 4.69) is 35.6 Å². The summed E-state index contributed by atoms with van der Waals surface area (Å²) in [4.78, 5) is 11.7. The zero-order valence-corrected chi connectivity index (χ0v) is 13.1. The van der Waals surface area contributed by atoms with Crippen molar-refractivity contribution in [1.29, 1.82) is 0 Å². The number of sulfonamides is 1. The fourth-order valence-electron chi connectivity index (χ4n) is 1.38. The van der Waals surface area contributed by atoms with Gasteiger partial charge in [-0.25, -0.2) is 14.7 Å². The van der Waals surface area contributed by atoms with Gasteiger partial charge in [-0.1, -0.05) is 0 Å². The number of ether oxygens (including phenoxy) is 1. The van der Waals surface area contributed by atoms with Crippen molar-refractivity contribution < 1.29 is 13.2 Å². The highest BCUT2D eigenvalue weighted by atomic mass is 79.9. The molecule has 106 valence electrons. The number of nitrogens with zero attached hydrogens (tertiary/aromatic N) is 3. The number of aromatic nitrogens is 3. The van der Waals surface area contributed by atoms with Gasteiger partial charge in [0.25, 0.3) is 10.0 Å². The molecule has 0 aromatic carbocycles. The van der Waals surface area contributed by atoms with E-state index in [9.17, 15) is 8.42 Å². The first-order valence-electron chi connectivity index (χ1n) is 5.45. The maximum atomic E-state index is 12.1. The maximum Gasteiger partial charge on any atom is 0.281 e. The van der Waals surface area contributed by atoms with Gasteiger partial charge in [0.2, 0.25) is 11.8 Å². The number of halogens is 1. The molecule has 0 bridgehead atoms. The summed E-state index contributed by atoms with van der Waals surface area (Å²) in [6, 6.07) is 4.55. The van der Waals surface area contributed by atoms with Crippen LogP contribution in [0, 0.1) is 6.92 Å². The highest BCUT2D eigenvalue weighted by molar-refractivity contribution is 9.10. The van der Waals surface area contributed by atoms with E-state index < -0.39 is 10.0 Å². The predicted molar refractivity (Wildman–Crippen MR) is 76.1 cm³/mol. The molecule has 0 saturated heterocycles. The number of rotatable bonds is 4. The molecule has 0 saturated carbocycles. The van der Waals surface area contributed by atoms with Crippen LogP contribution in [0.25, 0.3) is 0 Å². The topological polar surface area (TPSA) is 94.1 Å². The molecule has 0 amide bonds. The van der Waals surface area contributed by atoms with Gasteiger partial charge in [-0.2, -0.15) is 13.4 Å². The van der Waals surface area contributed by atoms with Crippen LogP contribution in [0.3, 0.4) is 0 Å². The van der Waals surface area contributed by atoms with E-state index in [4.69, 9.17) is 4.74 Å². The van der Waals surface area contributed by atoms with Crippen molar-refractivity contribution in [2.24, 2.45) is 0 Å². The minimum atomic E-state index is -3.83. The lowest BCUT2D eigenvalue weighted by Gasteiger charge is -2.08. The first-order chi connectivity index (χ1) is 9.40. The first-order valence-corrected chi connectivity index (χ1v) is 7.72. The number of aryl methyl sites for hydroxylation is 1. The third kappa shape index (κ3) is 3.42.